The van der Waals surface area contributed by atoms with Crippen molar-refractivity contribution in [2.75, 3.05) is 0 Å². The average Bonchev–Trinajstić information content (AvgIpc) is 2.85. The van der Waals surface area contributed by atoms with Crippen molar-refractivity contribution in [3.63, 3.8) is 0 Å². The Morgan fingerprint density at radius 3 is 2.56 bits per heavy atom. The minimum atomic E-state index is -0.861. The molecular formula is C14H20N2O2. The molecule has 1 heterocycles. The van der Waals surface area contributed by atoms with E-state index in [2.05, 4.69) is 18.3 Å². The van der Waals surface area contributed by atoms with Crippen LogP contribution in [-0.4, -0.2) is 29.2 Å². The molecule has 1 fully saturated rings. The fourth-order valence-corrected chi connectivity index (χ4v) is 2.66. The molecule has 1 aliphatic heterocycles. The standard InChI is InChI=1S/C14H20N2O2/c1-5-11-12(15-4)16(10-8-6-7-9-10)13(17)14(2,3)18-11/h5,10H,1,4,6-9H2,2-3H3. The van der Waals surface area contributed by atoms with Gasteiger partial charge in [-0.2, -0.15) is 0 Å². The van der Waals surface area contributed by atoms with Crippen LogP contribution < -0.4 is 0 Å². The van der Waals surface area contributed by atoms with E-state index in [0.717, 1.165) is 25.7 Å². The van der Waals surface area contributed by atoms with Crippen LogP contribution in [0.1, 0.15) is 39.5 Å². The SMILES string of the molecule is C=CC1=C(N=C)N(C2CCCC2)C(=O)C(C)(C)O1. The lowest BCUT2D eigenvalue weighted by molar-refractivity contribution is -0.154. The molecule has 0 aromatic rings. The lowest BCUT2D eigenvalue weighted by Crippen LogP contribution is -2.53. The molecule has 0 spiro atoms. The third-order valence-electron chi connectivity index (χ3n) is 3.57. The summed E-state index contributed by atoms with van der Waals surface area (Å²) in [6.45, 7) is 10.8. The summed E-state index contributed by atoms with van der Waals surface area (Å²) >= 11 is 0. The van der Waals surface area contributed by atoms with Crippen molar-refractivity contribution in [3.8, 4) is 0 Å². The first-order valence-corrected chi connectivity index (χ1v) is 6.37. The number of hydrogen-bond donors (Lipinski definition) is 0. The van der Waals surface area contributed by atoms with Gasteiger partial charge in [0.15, 0.2) is 17.2 Å². The van der Waals surface area contributed by atoms with Crippen LogP contribution in [0.5, 0.6) is 0 Å². The zero-order valence-corrected chi connectivity index (χ0v) is 11.1. The Hall–Kier alpha value is -1.58. The monoisotopic (exact) mass is 248 g/mol. The highest BCUT2D eigenvalue weighted by atomic mass is 16.5. The van der Waals surface area contributed by atoms with Gasteiger partial charge in [-0.3, -0.25) is 9.69 Å². The molecule has 98 valence electrons. The molecule has 0 bridgehead atoms. The Balaban J connectivity index is 2.46. The van der Waals surface area contributed by atoms with Crippen LogP contribution in [0.3, 0.4) is 0 Å². The summed E-state index contributed by atoms with van der Waals surface area (Å²) in [5.41, 5.74) is -0.861. The highest BCUT2D eigenvalue weighted by molar-refractivity contribution is 5.87. The Morgan fingerprint density at radius 1 is 1.44 bits per heavy atom. The van der Waals surface area contributed by atoms with Gasteiger partial charge in [-0.05, 0) is 39.5 Å². The fourth-order valence-electron chi connectivity index (χ4n) is 2.66. The van der Waals surface area contributed by atoms with Gasteiger partial charge in [0.2, 0.25) is 0 Å². The van der Waals surface area contributed by atoms with E-state index in [0.29, 0.717) is 11.6 Å². The number of aliphatic imine (C=N–C) groups is 1. The average molecular weight is 248 g/mol. The molecule has 4 heteroatoms. The van der Waals surface area contributed by atoms with E-state index >= 15 is 0 Å². The van der Waals surface area contributed by atoms with Gasteiger partial charge in [-0.25, -0.2) is 4.99 Å². The lowest BCUT2D eigenvalue weighted by Gasteiger charge is -2.40. The molecule has 0 aromatic heterocycles. The van der Waals surface area contributed by atoms with Crippen LogP contribution in [0.4, 0.5) is 0 Å². The second-order valence-electron chi connectivity index (χ2n) is 5.28. The largest absolute Gasteiger partial charge is 0.474 e. The van der Waals surface area contributed by atoms with Gasteiger partial charge in [0.25, 0.3) is 5.91 Å². The van der Waals surface area contributed by atoms with Gasteiger partial charge < -0.3 is 4.74 Å². The molecule has 1 amide bonds. The normalized spacial score (nSPS) is 24.1. The molecular weight excluding hydrogens is 228 g/mol. The van der Waals surface area contributed by atoms with E-state index in [1.165, 1.54) is 0 Å². The molecule has 18 heavy (non-hydrogen) atoms. The van der Waals surface area contributed by atoms with Crippen LogP contribution >= 0.6 is 0 Å². The van der Waals surface area contributed by atoms with Crippen molar-refractivity contribution in [2.45, 2.75) is 51.2 Å². The predicted octanol–water partition coefficient (Wildman–Crippen LogP) is 2.62. The molecule has 1 saturated carbocycles. The van der Waals surface area contributed by atoms with Crippen LogP contribution in [0.25, 0.3) is 0 Å². The smallest absolute Gasteiger partial charge is 0.272 e. The topological polar surface area (TPSA) is 41.9 Å². The van der Waals surface area contributed by atoms with Gasteiger partial charge in [0.05, 0.1) is 0 Å². The molecule has 0 unspecified atom stereocenters. The van der Waals surface area contributed by atoms with E-state index in [4.69, 9.17) is 4.74 Å². The van der Waals surface area contributed by atoms with Crippen LogP contribution in [0, 0.1) is 0 Å². The first-order chi connectivity index (χ1) is 8.51. The third-order valence-corrected chi connectivity index (χ3v) is 3.57. The van der Waals surface area contributed by atoms with E-state index < -0.39 is 5.60 Å². The summed E-state index contributed by atoms with van der Waals surface area (Å²) < 4.78 is 5.67. The van der Waals surface area contributed by atoms with Crippen LogP contribution in [0.15, 0.2) is 29.2 Å². The number of carbonyl (C=O) groups is 1. The number of ether oxygens (including phenoxy) is 1. The van der Waals surface area contributed by atoms with Gasteiger partial charge in [-0.15, -0.1) is 0 Å². The molecule has 0 saturated heterocycles. The van der Waals surface area contributed by atoms with Crippen molar-refractivity contribution >= 4 is 12.6 Å². The van der Waals surface area contributed by atoms with Crippen LogP contribution in [-0.2, 0) is 9.53 Å². The van der Waals surface area contributed by atoms with Crippen molar-refractivity contribution in [1.82, 2.24) is 4.90 Å². The molecule has 1 aliphatic carbocycles. The first kappa shape index (κ1) is 12.9. The molecule has 2 rings (SSSR count). The van der Waals surface area contributed by atoms with Crippen molar-refractivity contribution in [3.05, 3.63) is 24.2 Å². The zero-order chi connectivity index (χ0) is 13.3. The molecule has 4 nitrogen and oxygen atoms in total. The minimum Gasteiger partial charge on any atom is -0.474 e. The molecule has 2 aliphatic rings. The summed E-state index contributed by atoms with van der Waals surface area (Å²) in [5, 5.41) is 0. The number of nitrogens with zero attached hydrogens (tertiary/aromatic N) is 2. The molecule has 0 atom stereocenters. The number of rotatable bonds is 3. The highest BCUT2D eigenvalue weighted by Gasteiger charge is 2.44. The maximum Gasteiger partial charge on any atom is 0.272 e. The Morgan fingerprint density at radius 2 is 2.06 bits per heavy atom. The van der Waals surface area contributed by atoms with E-state index in [1.807, 2.05) is 0 Å². The number of amides is 1. The van der Waals surface area contributed by atoms with Crippen LogP contribution in [0.2, 0.25) is 0 Å². The molecule has 0 aromatic carbocycles. The van der Waals surface area contributed by atoms with Gasteiger partial charge in [0.1, 0.15) is 0 Å². The Kier molecular flexibility index (Phi) is 3.28. The minimum absolute atomic E-state index is 0.0394. The van der Waals surface area contributed by atoms with Crippen molar-refractivity contribution < 1.29 is 9.53 Å². The summed E-state index contributed by atoms with van der Waals surface area (Å²) in [7, 11) is 0. The quantitative estimate of drug-likeness (QED) is 0.720. The van der Waals surface area contributed by atoms with Gasteiger partial charge in [-0.1, -0.05) is 19.4 Å². The first-order valence-electron chi connectivity index (χ1n) is 6.37. The Bertz CT molecular complexity index is 418. The summed E-state index contributed by atoms with van der Waals surface area (Å²) in [5.74, 6) is 1.02. The lowest BCUT2D eigenvalue weighted by atomic mass is 10.0. The summed E-state index contributed by atoms with van der Waals surface area (Å²) in [6.07, 6.45) is 5.95. The van der Waals surface area contributed by atoms with Gasteiger partial charge in [0, 0.05) is 6.04 Å². The summed E-state index contributed by atoms with van der Waals surface area (Å²) in [4.78, 5) is 18.3. The number of allylic oxidation sites excluding steroid dienone is 1. The number of hydrogen-bond acceptors (Lipinski definition) is 3. The highest BCUT2D eigenvalue weighted by Crippen LogP contribution is 2.36. The summed E-state index contributed by atoms with van der Waals surface area (Å²) in [6, 6.07) is 0.219. The van der Waals surface area contributed by atoms with Crippen molar-refractivity contribution in [1.29, 1.82) is 0 Å². The van der Waals surface area contributed by atoms with Crippen molar-refractivity contribution in [2.24, 2.45) is 4.99 Å². The van der Waals surface area contributed by atoms with Gasteiger partial charge >= 0.3 is 0 Å². The number of carbonyl (C=O) groups excluding carboxylic acids is 1. The molecule has 0 N–H and O–H groups in total. The second kappa shape index (κ2) is 4.59. The Labute approximate surface area is 108 Å². The zero-order valence-electron chi connectivity index (χ0n) is 11.1. The third kappa shape index (κ3) is 1.96. The predicted molar refractivity (Wildman–Crippen MR) is 71.0 cm³/mol. The maximum atomic E-state index is 12.5. The fraction of sp³-hybridized carbons (Fsp3) is 0.571. The van der Waals surface area contributed by atoms with E-state index in [9.17, 15) is 4.79 Å². The van der Waals surface area contributed by atoms with E-state index in [1.54, 1.807) is 24.8 Å². The van der Waals surface area contributed by atoms with E-state index in [-0.39, 0.29) is 11.9 Å². The second-order valence-corrected chi connectivity index (χ2v) is 5.28. The maximum absolute atomic E-state index is 12.5. The molecule has 0 radical (unpaired) electrons.